The Hall–Kier alpha value is -1.33. The predicted octanol–water partition coefficient (Wildman–Crippen LogP) is 3.12. The first kappa shape index (κ1) is 15.1. The molecule has 20 heavy (non-hydrogen) atoms. The first-order valence-corrected chi connectivity index (χ1v) is 7.39. The summed E-state index contributed by atoms with van der Waals surface area (Å²) in [5.74, 6) is 0.745. The fraction of sp³-hybridized carbons (Fsp3) is 0.400. The van der Waals surface area contributed by atoms with Crippen molar-refractivity contribution in [2.45, 2.75) is 33.5 Å². The van der Waals surface area contributed by atoms with Crippen LogP contribution in [0.25, 0.3) is 0 Å². The molecule has 0 spiro atoms. The van der Waals surface area contributed by atoms with E-state index in [1.54, 1.807) is 0 Å². The second kappa shape index (κ2) is 6.41. The highest BCUT2D eigenvalue weighted by Gasteiger charge is 2.10. The molecule has 0 unspecified atom stereocenters. The summed E-state index contributed by atoms with van der Waals surface area (Å²) in [7, 11) is 1.92. The quantitative estimate of drug-likeness (QED) is 0.910. The number of rotatable bonds is 5. The number of aryl methyl sites for hydroxylation is 3. The Morgan fingerprint density at radius 3 is 2.70 bits per heavy atom. The minimum Gasteiger partial charge on any atom is -0.487 e. The lowest BCUT2D eigenvalue weighted by Gasteiger charge is -2.13. The van der Waals surface area contributed by atoms with Crippen LogP contribution in [0.4, 0.5) is 0 Å². The van der Waals surface area contributed by atoms with E-state index in [1.165, 1.54) is 0 Å². The second-order valence-electron chi connectivity index (χ2n) is 4.76. The molecule has 1 heterocycles. The summed E-state index contributed by atoms with van der Waals surface area (Å²) < 4.78 is 8.68. The van der Waals surface area contributed by atoms with Crippen LogP contribution in [0.15, 0.2) is 22.7 Å². The van der Waals surface area contributed by atoms with Gasteiger partial charge in [0.05, 0.1) is 18.0 Å². The Morgan fingerprint density at radius 2 is 2.10 bits per heavy atom. The number of aromatic nitrogens is 2. The van der Waals surface area contributed by atoms with Gasteiger partial charge in [-0.05, 0) is 37.1 Å². The molecule has 0 radical (unpaired) electrons. The van der Waals surface area contributed by atoms with Gasteiger partial charge >= 0.3 is 0 Å². The lowest BCUT2D eigenvalue weighted by atomic mass is 10.1. The van der Waals surface area contributed by atoms with Crippen molar-refractivity contribution >= 4 is 15.9 Å². The van der Waals surface area contributed by atoms with Crippen molar-refractivity contribution in [1.29, 1.82) is 0 Å². The molecule has 0 aliphatic carbocycles. The summed E-state index contributed by atoms with van der Waals surface area (Å²) in [4.78, 5) is 0. The van der Waals surface area contributed by atoms with Crippen LogP contribution >= 0.6 is 15.9 Å². The molecule has 0 bridgehead atoms. The predicted molar refractivity (Wildman–Crippen MR) is 81.7 cm³/mol. The van der Waals surface area contributed by atoms with E-state index in [0.29, 0.717) is 6.61 Å². The smallest absolute Gasteiger partial charge is 0.130 e. The third-order valence-corrected chi connectivity index (χ3v) is 3.70. The van der Waals surface area contributed by atoms with Gasteiger partial charge < -0.3 is 9.84 Å². The highest BCUT2D eigenvalue weighted by Crippen LogP contribution is 2.28. The van der Waals surface area contributed by atoms with E-state index in [-0.39, 0.29) is 6.61 Å². The molecule has 4 nitrogen and oxygen atoms in total. The van der Waals surface area contributed by atoms with Gasteiger partial charge in [-0.25, -0.2) is 0 Å². The van der Waals surface area contributed by atoms with Gasteiger partial charge in [-0.2, -0.15) is 5.10 Å². The van der Waals surface area contributed by atoms with Crippen molar-refractivity contribution in [3.05, 3.63) is 45.2 Å². The van der Waals surface area contributed by atoms with Crippen LogP contribution in [0.2, 0.25) is 0 Å². The highest BCUT2D eigenvalue weighted by molar-refractivity contribution is 9.10. The lowest BCUT2D eigenvalue weighted by Crippen LogP contribution is -2.05. The number of ether oxygens (including phenoxy) is 1. The third kappa shape index (κ3) is 3.22. The van der Waals surface area contributed by atoms with Crippen LogP contribution < -0.4 is 4.74 Å². The molecule has 0 saturated carbocycles. The summed E-state index contributed by atoms with van der Waals surface area (Å²) in [5, 5.41) is 13.8. The molecule has 0 aliphatic heterocycles. The Kier molecular flexibility index (Phi) is 4.83. The molecule has 1 N–H and O–H groups in total. The standard InChI is InChI=1S/C15H19BrN2O2/c1-4-13-7-14(18(3)17-13)9-20-15-10(2)5-12(16)6-11(15)8-19/h5-7,19H,4,8-9H2,1-3H3. The van der Waals surface area contributed by atoms with Crippen LogP contribution in [-0.4, -0.2) is 14.9 Å². The number of nitrogens with zero attached hydrogens (tertiary/aromatic N) is 2. The minimum atomic E-state index is -0.0405. The van der Waals surface area contributed by atoms with Gasteiger partial charge in [0, 0.05) is 17.1 Å². The number of aliphatic hydroxyl groups is 1. The SMILES string of the molecule is CCc1cc(COc2c(C)cc(Br)cc2CO)n(C)n1. The maximum absolute atomic E-state index is 9.44. The molecule has 2 rings (SSSR count). The number of benzene rings is 1. The summed E-state index contributed by atoms with van der Waals surface area (Å²) in [6.07, 6.45) is 0.910. The Morgan fingerprint density at radius 1 is 1.35 bits per heavy atom. The van der Waals surface area contributed by atoms with Gasteiger partial charge in [-0.15, -0.1) is 0 Å². The van der Waals surface area contributed by atoms with Crippen molar-refractivity contribution in [3.8, 4) is 5.75 Å². The van der Waals surface area contributed by atoms with Crippen LogP contribution in [0, 0.1) is 6.92 Å². The molecule has 0 saturated heterocycles. The summed E-state index contributed by atoms with van der Waals surface area (Å²) >= 11 is 3.43. The highest BCUT2D eigenvalue weighted by atomic mass is 79.9. The van der Waals surface area contributed by atoms with Gasteiger partial charge in [0.2, 0.25) is 0 Å². The zero-order chi connectivity index (χ0) is 14.7. The Bertz CT molecular complexity index is 608. The maximum Gasteiger partial charge on any atom is 0.130 e. The van der Waals surface area contributed by atoms with Crippen molar-refractivity contribution in [1.82, 2.24) is 9.78 Å². The van der Waals surface area contributed by atoms with Crippen molar-refractivity contribution in [2.75, 3.05) is 0 Å². The average Bonchev–Trinajstić information content (AvgIpc) is 2.77. The number of halogens is 1. The van der Waals surface area contributed by atoms with E-state index in [0.717, 1.165) is 39.2 Å². The summed E-state index contributed by atoms with van der Waals surface area (Å²) in [5.41, 5.74) is 3.87. The van der Waals surface area contributed by atoms with Gasteiger partial charge in [-0.3, -0.25) is 4.68 Å². The normalized spacial score (nSPS) is 10.8. The van der Waals surface area contributed by atoms with Crippen molar-refractivity contribution in [3.63, 3.8) is 0 Å². The largest absolute Gasteiger partial charge is 0.487 e. The zero-order valence-electron chi connectivity index (χ0n) is 12.0. The lowest BCUT2D eigenvalue weighted by molar-refractivity contribution is 0.254. The first-order chi connectivity index (χ1) is 9.55. The summed E-state index contributed by atoms with van der Waals surface area (Å²) in [6.45, 7) is 4.45. The van der Waals surface area contributed by atoms with E-state index in [2.05, 4.69) is 28.0 Å². The van der Waals surface area contributed by atoms with Gasteiger partial charge in [0.15, 0.2) is 0 Å². The topological polar surface area (TPSA) is 47.3 Å². The second-order valence-corrected chi connectivity index (χ2v) is 5.68. The molecule has 0 fully saturated rings. The minimum absolute atomic E-state index is 0.0405. The van der Waals surface area contributed by atoms with Crippen LogP contribution in [0.3, 0.4) is 0 Å². The van der Waals surface area contributed by atoms with Crippen LogP contribution in [0.5, 0.6) is 5.75 Å². The Balaban J connectivity index is 2.20. The molecule has 5 heteroatoms. The number of aliphatic hydroxyl groups excluding tert-OH is 1. The fourth-order valence-electron chi connectivity index (χ4n) is 2.15. The van der Waals surface area contributed by atoms with Gasteiger partial charge in [0.1, 0.15) is 12.4 Å². The fourth-order valence-corrected chi connectivity index (χ4v) is 2.77. The molecule has 1 aromatic carbocycles. The molecule has 108 valence electrons. The van der Waals surface area contributed by atoms with E-state index in [4.69, 9.17) is 4.74 Å². The van der Waals surface area contributed by atoms with Crippen molar-refractivity contribution in [2.24, 2.45) is 7.05 Å². The number of hydrogen-bond donors (Lipinski definition) is 1. The molecule has 0 aliphatic rings. The molecule has 0 amide bonds. The van der Waals surface area contributed by atoms with Crippen molar-refractivity contribution < 1.29 is 9.84 Å². The first-order valence-electron chi connectivity index (χ1n) is 6.59. The molecule has 2 aromatic rings. The van der Waals surface area contributed by atoms with E-state index < -0.39 is 0 Å². The van der Waals surface area contributed by atoms with E-state index >= 15 is 0 Å². The zero-order valence-corrected chi connectivity index (χ0v) is 13.6. The molecule has 0 atom stereocenters. The third-order valence-electron chi connectivity index (χ3n) is 3.24. The monoisotopic (exact) mass is 338 g/mol. The Labute approximate surface area is 127 Å². The summed E-state index contributed by atoms with van der Waals surface area (Å²) in [6, 6.07) is 5.91. The van der Waals surface area contributed by atoms with Gasteiger partial charge in [0.25, 0.3) is 0 Å². The molecular formula is C15H19BrN2O2. The maximum atomic E-state index is 9.44. The van der Waals surface area contributed by atoms with Crippen LogP contribution in [0.1, 0.15) is 29.4 Å². The van der Waals surface area contributed by atoms with Gasteiger partial charge in [-0.1, -0.05) is 22.9 Å². The van der Waals surface area contributed by atoms with E-state index in [1.807, 2.05) is 36.9 Å². The molecular weight excluding hydrogens is 320 g/mol. The average molecular weight is 339 g/mol. The van der Waals surface area contributed by atoms with E-state index in [9.17, 15) is 5.11 Å². The number of hydrogen-bond acceptors (Lipinski definition) is 3. The molecule has 1 aromatic heterocycles. The van der Waals surface area contributed by atoms with Crippen LogP contribution in [-0.2, 0) is 26.7 Å².